The molecule has 0 aromatic heterocycles. The molecule has 2 nitrogen and oxygen atoms in total. The third-order valence-corrected chi connectivity index (χ3v) is 6.40. The van der Waals surface area contributed by atoms with Gasteiger partial charge in [-0.05, 0) is 78.6 Å². The molecule has 0 amide bonds. The van der Waals surface area contributed by atoms with Gasteiger partial charge in [0.15, 0.2) is 0 Å². The Kier molecular flexibility index (Phi) is 7.66. The Labute approximate surface area is 198 Å². The van der Waals surface area contributed by atoms with Crippen molar-refractivity contribution in [2.24, 2.45) is 0 Å². The Morgan fingerprint density at radius 1 is 0.788 bits per heavy atom. The largest absolute Gasteiger partial charge is 0.573 e. The zero-order valence-electron chi connectivity index (χ0n) is 18.2. The number of fused-ring (bicyclic) bond motifs is 2. The number of hydrogen-bond donors (Lipinski definition) is 1. The Balaban J connectivity index is 0.000000185. The Morgan fingerprint density at radius 3 is 1.88 bits per heavy atom. The van der Waals surface area contributed by atoms with Crippen molar-refractivity contribution in [2.45, 2.75) is 55.4 Å². The molecule has 2 aliphatic rings. The maximum absolute atomic E-state index is 11.6. The molecule has 0 N–H and O–H groups in total. The lowest BCUT2D eigenvalue weighted by atomic mass is 9.81. The van der Waals surface area contributed by atoms with Gasteiger partial charge in [-0.2, -0.15) is 0 Å². The van der Waals surface area contributed by atoms with Crippen LogP contribution in [0.3, 0.4) is 0 Å². The van der Waals surface area contributed by atoms with Gasteiger partial charge in [-0.3, -0.25) is 0 Å². The molecule has 0 spiro atoms. The van der Waals surface area contributed by atoms with Crippen molar-refractivity contribution in [3.8, 4) is 5.75 Å². The fourth-order valence-corrected chi connectivity index (χ4v) is 4.79. The van der Waals surface area contributed by atoms with E-state index in [1.165, 1.54) is 65.8 Å². The minimum Gasteiger partial charge on any atom is -0.406 e. The van der Waals surface area contributed by atoms with E-state index in [9.17, 15) is 13.2 Å². The van der Waals surface area contributed by atoms with Crippen LogP contribution in [0.5, 0.6) is 5.75 Å². The second kappa shape index (κ2) is 10.7. The topological polar surface area (TPSA) is 18.5 Å². The molecule has 1 saturated heterocycles. The molecule has 0 saturated carbocycles. The van der Waals surface area contributed by atoms with Gasteiger partial charge < -0.3 is 9.47 Å². The second-order valence-electron chi connectivity index (χ2n) is 8.32. The van der Waals surface area contributed by atoms with Crippen LogP contribution in [0.25, 0.3) is 0 Å². The molecule has 1 atom stereocenters. The normalized spacial score (nSPS) is 18.2. The van der Waals surface area contributed by atoms with E-state index < -0.39 is 6.36 Å². The van der Waals surface area contributed by atoms with Crippen LogP contribution in [-0.2, 0) is 17.6 Å². The first-order valence-corrected chi connectivity index (χ1v) is 11.7. The van der Waals surface area contributed by atoms with Crippen LogP contribution in [0, 0.1) is 0 Å². The summed E-state index contributed by atoms with van der Waals surface area (Å²) < 4.78 is 44.6. The van der Waals surface area contributed by atoms with Gasteiger partial charge in [-0.15, -0.1) is 25.8 Å². The average Bonchev–Trinajstić information content (AvgIpc) is 2.98. The molecule has 33 heavy (non-hydrogen) atoms. The summed E-state index contributed by atoms with van der Waals surface area (Å²) in [5.41, 5.74) is 6.00. The summed E-state index contributed by atoms with van der Waals surface area (Å²) in [7, 11) is 0. The molecule has 1 heterocycles. The predicted octanol–water partition coefficient (Wildman–Crippen LogP) is 7.36. The maximum Gasteiger partial charge on any atom is 0.573 e. The first-order chi connectivity index (χ1) is 15.9. The van der Waals surface area contributed by atoms with Crippen molar-refractivity contribution < 1.29 is 22.6 Å². The third-order valence-electron chi connectivity index (χ3n) is 6.10. The summed E-state index contributed by atoms with van der Waals surface area (Å²) in [4.78, 5) is 0.588. The first kappa shape index (κ1) is 23.7. The number of rotatable bonds is 2. The number of benzene rings is 3. The summed E-state index contributed by atoms with van der Waals surface area (Å²) in [6, 6.07) is 23.2. The zero-order valence-corrected chi connectivity index (χ0v) is 19.1. The van der Waals surface area contributed by atoms with Crippen molar-refractivity contribution in [1.29, 1.82) is 0 Å². The number of thiol groups is 1. The average molecular weight is 473 g/mol. The summed E-state index contributed by atoms with van der Waals surface area (Å²) >= 11 is 3.91. The van der Waals surface area contributed by atoms with Gasteiger partial charge >= 0.3 is 6.36 Å². The van der Waals surface area contributed by atoms with E-state index in [2.05, 4.69) is 65.9 Å². The van der Waals surface area contributed by atoms with Gasteiger partial charge in [-0.25, -0.2) is 0 Å². The number of hydrogen-bond acceptors (Lipinski definition) is 3. The Bertz CT molecular complexity index is 996. The van der Waals surface area contributed by atoms with E-state index in [4.69, 9.17) is 4.74 Å². The predicted molar refractivity (Wildman–Crippen MR) is 126 cm³/mol. The van der Waals surface area contributed by atoms with Gasteiger partial charge in [0.05, 0.1) is 6.10 Å². The molecule has 1 unspecified atom stereocenters. The minimum absolute atomic E-state index is 0.236. The zero-order chi connectivity index (χ0) is 23.3. The molecule has 3 aromatic carbocycles. The molecule has 6 heteroatoms. The Hall–Kier alpha value is -2.44. The third kappa shape index (κ3) is 6.33. The minimum atomic E-state index is -4.63. The van der Waals surface area contributed by atoms with Crippen LogP contribution in [0.15, 0.2) is 77.7 Å². The van der Waals surface area contributed by atoms with Crippen LogP contribution in [0.4, 0.5) is 13.2 Å². The van der Waals surface area contributed by atoms with E-state index in [-0.39, 0.29) is 5.75 Å². The van der Waals surface area contributed by atoms with Gasteiger partial charge in [-0.1, -0.05) is 48.5 Å². The van der Waals surface area contributed by atoms with Crippen LogP contribution in [0.1, 0.15) is 47.4 Å². The van der Waals surface area contributed by atoms with Gasteiger partial charge in [0.2, 0.25) is 0 Å². The van der Waals surface area contributed by atoms with E-state index in [1.54, 1.807) is 0 Å². The standard InChI is InChI=1S/C20H22O.C7H5F3OS/c1-3-9-17-15(7-1)12-13-16-8-2-4-10-18(16)20(17)19-11-5-6-14-21-19;8-7(9,10)11-5-1-3-6(12)4-2-5/h1-4,7-10,19-20H,5-6,11-14H2;1-4,12H. The van der Waals surface area contributed by atoms with Crippen LogP contribution >= 0.6 is 12.6 Å². The van der Waals surface area contributed by atoms with E-state index in [1.807, 2.05) is 0 Å². The van der Waals surface area contributed by atoms with Crippen LogP contribution < -0.4 is 4.74 Å². The second-order valence-corrected chi connectivity index (χ2v) is 8.84. The van der Waals surface area contributed by atoms with Gasteiger partial charge in [0.25, 0.3) is 0 Å². The molecule has 1 aliphatic heterocycles. The van der Waals surface area contributed by atoms with Gasteiger partial charge in [0.1, 0.15) is 5.75 Å². The van der Waals surface area contributed by atoms with Crippen molar-refractivity contribution in [3.05, 3.63) is 95.1 Å². The molecule has 1 fully saturated rings. The van der Waals surface area contributed by atoms with E-state index in [0.29, 0.717) is 16.9 Å². The number of ether oxygens (including phenoxy) is 2. The number of alkyl halides is 3. The highest BCUT2D eigenvalue weighted by atomic mass is 32.1. The fraction of sp³-hybridized carbons (Fsp3) is 0.333. The molecule has 174 valence electrons. The smallest absolute Gasteiger partial charge is 0.406 e. The van der Waals surface area contributed by atoms with Crippen molar-refractivity contribution in [1.82, 2.24) is 0 Å². The molecule has 0 radical (unpaired) electrons. The fourth-order valence-electron chi connectivity index (χ4n) is 4.64. The van der Waals surface area contributed by atoms with Crippen LogP contribution in [0.2, 0.25) is 0 Å². The van der Waals surface area contributed by atoms with Crippen molar-refractivity contribution in [2.75, 3.05) is 6.61 Å². The van der Waals surface area contributed by atoms with Crippen LogP contribution in [-0.4, -0.2) is 19.1 Å². The number of aryl methyl sites for hydroxylation is 2. The molecule has 1 aliphatic carbocycles. The summed E-state index contributed by atoms with van der Waals surface area (Å²) in [5, 5.41) is 0. The molecule has 5 rings (SSSR count). The summed E-state index contributed by atoms with van der Waals surface area (Å²) in [5.74, 6) is 0.181. The monoisotopic (exact) mass is 472 g/mol. The van der Waals surface area contributed by atoms with Gasteiger partial charge in [0, 0.05) is 17.4 Å². The highest BCUT2D eigenvalue weighted by molar-refractivity contribution is 7.80. The van der Waals surface area contributed by atoms with E-state index in [0.717, 1.165) is 19.4 Å². The summed E-state index contributed by atoms with van der Waals surface area (Å²) in [6.07, 6.45) is 1.72. The molecule has 0 bridgehead atoms. The van der Waals surface area contributed by atoms with E-state index >= 15 is 0 Å². The quantitative estimate of drug-likeness (QED) is 0.393. The van der Waals surface area contributed by atoms with Crippen molar-refractivity contribution in [3.63, 3.8) is 0 Å². The molecular formula is C27H27F3O2S. The first-order valence-electron chi connectivity index (χ1n) is 11.2. The van der Waals surface area contributed by atoms with Crippen molar-refractivity contribution >= 4 is 12.6 Å². The SMILES string of the molecule is FC(F)(F)Oc1ccc(S)cc1.c1ccc2c(c1)CCc1ccccc1C2C1CCCCO1. The summed E-state index contributed by atoms with van der Waals surface area (Å²) in [6.45, 7) is 0.922. The Morgan fingerprint density at radius 2 is 1.36 bits per heavy atom. The lowest BCUT2D eigenvalue weighted by Crippen LogP contribution is -2.28. The highest BCUT2D eigenvalue weighted by Crippen LogP contribution is 2.40. The maximum atomic E-state index is 11.6. The lowest BCUT2D eigenvalue weighted by molar-refractivity contribution is -0.274. The molecule has 3 aromatic rings. The molecular weight excluding hydrogens is 445 g/mol. The lowest BCUT2D eigenvalue weighted by Gasteiger charge is -2.32. The highest BCUT2D eigenvalue weighted by Gasteiger charge is 2.32. The number of halogens is 3.